The molecular formula is C20H21N3O2S. The average molecular weight is 367 g/mol. The van der Waals surface area contributed by atoms with Gasteiger partial charge in [-0.05, 0) is 32.4 Å². The molecule has 0 aliphatic rings. The summed E-state index contributed by atoms with van der Waals surface area (Å²) in [5, 5.41) is 14.7. The zero-order valence-electron chi connectivity index (χ0n) is 15.3. The molecule has 3 rings (SSSR count). The van der Waals surface area contributed by atoms with Crippen molar-refractivity contribution in [2.75, 3.05) is 7.05 Å². The highest BCUT2D eigenvalue weighted by Crippen LogP contribution is 2.25. The Morgan fingerprint density at radius 3 is 2.42 bits per heavy atom. The zero-order chi connectivity index (χ0) is 18.9. The lowest BCUT2D eigenvalue weighted by Crippen LogP contribution is -2.42. The van der Waals surface area contributed by atoms with Crippen molar-refractivity contribution in [3.05, 3.63) is 64.9 Å². The van der Waals surface area contributed by atoms with Gasteiger partial charge in [0.25, 0.3) is 11.6 Å². The van der Waals surface area contributed by atoms with E-state index in [4.69, 9.17) is 0 Å². The molecule has 0 unspecified atom stereocenters. The number of hydrogen-bond donors (Lipinski definition) is 0. The number of rotatable bonds is 3. The first-order valence-corrected chi connectivity index (χ1v) is 9.18. The summed E-state index contributed by atoms with van der Waals surface area (Å²) in [4.78, 5) is 18.6. The molecule has 1 aromatic carbocycles. The first kappa shape index (κ1) is 18.1. The van der Waals surface area contributed by atoms with Crippen molar-refractivity contribution in [1.29, 1.82) is 0 Å². The van der Waals surface area contributed by atoms with E-state index in [1.54, 1.807) is 23.4 Å². The number of carbonyl (C=O) groups excluding carboxylic acids is 1. The molecule has 134 valence electrons. The number of aromatic nitrogens is 2. The molecule has 3 aromatic rings. The van der Waals surface area contributed by atoms with Crippen LogP contribution in [0.1, 0.15) is 31.3 Å². The van der Waals surface area contributed by atoms with Crippen molar-refractivity contribution in [3.63, 3.8) is 0 Å². The van der Waals surface area contributed by atoms with Crippen LogP contribution in [-0.2, 0) is 0 Å². The Morgan fingerprint density at radius 2 is 1.81 bits per heavy atom. The summed E-state index contributed by atoms with van der Waals surface area (Å²) in [7, 11) is 1.75. The van der Waals surface area contributed by atoms with Crippen LogP contribution < -0.4 is 4.73 Å². The van der Waals surface area contributed by atoms with Crippen LogP contribution in [0, 0.1) is 5.21 Å². The van der Waals surface area contributed by atoms with E-state index >= 15 is 0 Å². The van der Waals surface area contributed by atoms with Crippen LogP contribution in [0.4, 0.5) is 0 Å². The minimum Gasteiger partial charge on any atom is -0.618 e. The molecule has 26 heavy (non-hydrogen) atoms. The third-order valence-corrected chi connectivity index (χ3v) is 5.14. The number of benzene rings is 1. The van der Waals surface area contributed by atoms with Crippen LogP contribution in [0.5, 0.6) is 0 Å². The van der Waals surface area contributed by atoms with Crippen molar-refractivity contribution in [1.82, 2.24) is 9.88 Å². The molecule has 0 spiro atoms. The number of carbonyl (C=O) groups is 1. The van der Waals surface area contributed by atoms with E-state index in [0.29, 0.717) is 16.4 Å². The zero-order valence-corrected chi connectivity index (χ0v) is 16.1. The van der Waals surface area contributed by atoms with E-state index in [-0.39, 0.29) is 11.4 Å². The number of nitrogens with zero attached hydrogens (tertiary/aromatic N) is 3. The molecule has 0 radical (unpaired) electrons. The van der Waals surface area contributed by atoms with E-state index in [9.17, 15) is 10.0 Å². The largest absolute Gasteiger partial charge is 0.618 e. The molecule has 0 bridgehead atoms. The summed E-state index contributed by atoms with van der Waals surface area (Å²) in [5.41, 5.74) is 2.31. The minimum absolute atomic E-state index is 0.154. The Hall–Kier alpha value is -2.73. The smallest absolute Gasteiger partial charge is 0.273 e. The molecule has 2 heterocycles. The Balaban J connectivity index is 1.89. The summed E-state index contributed by atoms with van der Waals surface area (Å²) in [6.45, 7) is 5.89. The van der Waals surface area contributed by atoms with Gasteiger partial charge in [0.2, 0.25) is 0 Å². The Morgan fingerprint density at radius 1 is 1.12 bits per heavy atom. The summed E-state index contributed by atoms with van der Waals surface area (Å²) >= 11 is 1.30. The molecule has 0 saturated heterocycles. The number of hydrogen-bond acceptors (Lipinski definition) is 4. The molecule has 1 amide bonds. The molecule has 0 fully saturated rings. The topological polar surface area (TPSA) is 60.1 Å². The molecule has 6 heteroatoms. The summed E-state index contributed by atoms with van der Waals surface area (Å²) in [6, 6.07) is 13.4. The molecular weight excluding hydrogens is 346 g/mol. The average Bonchev–Trinajstić information content (AvgIpc) is 3.10. The second kappa shape index (κ2) is 6.88. The predicted octanol–water partition coefficient (Wildman–Crippen LogP) is 3.98. The lowest BCUT2D eigenvalue weighted by Gasteiger charge is -2.31. The standard InChI is InChI=1S/C20H21N3O2S/c1-20(2,3)22(4)19(24)16-13-26-18(21-16)17-11-10-15(12-23(17)25)14-8-6-5-7-9-14/h5-13H,1-4H3. The van der Waals surface area contributed by atoms with Crippen LogP contribution >= 0.6 is 11.3 Å². The van der Waals surface area contributed by atoms with Gasteiger partial charge < -0.3 is 10.1 Å². The van der Waals surface area contributed by atoms with Crippen LogP contribution in [0.15, 0.2) is 54.0 Å². The monoisotopic (exact) mass is 367 g/mol. The van der Waals surface area contributed by atoms with E-state index in [2.05, 4.69) is 4.98 Å². The molecule has 0 N–H and O–H groups in total. The van der Waals surface area contributed by atoms with Crippen LogP contribution in [0.25, 0.3) is 21.8 Å². The second-order valence-electron chi connectivity index (χ2n) is 7.07. The highest BCUT2D eigenvalue weighted by atomic mass is 32.1. The third kappa shape index (κ3) is 3.60. The van der Waals surface area contributed by atoms with Crippen molar-refractivity contribution in [2.45, 2.75) is 26.3 Å². The van der Waals surface area contributed by atoms with Gasteiger partial charge in [-0.1, -0.05) is 30.3 Å². The van der Waals surface area contributed by atoms with Gasteiger partial charge in [-0.3, -0.25) is 4.79 Å². The SMILES string of the molecule is CN(C(=O)c1csc(-c2ccc(-c3ccccc3)c[n+]2[O-])n1)C(C)(C)C. The van der Waals surface area contributed by atoms with Gasteiger partial charge in [-0.15, -0.1) is 11.3 Å². The van der Waals surface area contributed by atoms with Gasteiger partial charge in [0, 0.05) is 29.6 Å². The lowest BCUT2D eigenvalue weighted by atomic mass is 10.1. The van der Waals surface area contributed by atoms with Gasteiger partial charge >= 0.3 is 0 Å². The minimum atomic E-state index is -0.295. The summed E-state index contributed by atoms with van der Waals surface area (Å²) in [5.74, 6) is -0.154. The molecule has 0 atom stereocenters. The van der Waals surface area contributed by atoms with E-state index < -0.39 is 0 Å². The Kier molecular flexibility index (Phi) is 4.78. The lowest BCUT2D eigenvalue weighted by molar-refractivity contribution is -0.593. The van der Waals surface area contributed by atoms with Crippen molar-refractivity contribution < 1.29 is 9.52 Å². The maximum Gasteiger partial charge on any atom is 0.273 e. The normalized spacial score (nSPS) is 11.4. The van der Waals surface area contributed by atoms with E-state index in [1.807, 2.05) is 57.2 Å². The Bertz CT molecular complexity index is 930. The van der Waals surface area contributed by atoms with Crippen LogP contribution in [-0.4, -0.2) is 28.4 Å². The molecule has 0 aliphatic heterocycles. The summed E-state index contributed by atoms with van der Waals surface area (Å²) < 4.78 is 0.808. The van der Waals surface area contributed by atoms with Crippen molar-refractivity contribution in [2.24, 2.45) is 0 Å². The highest BCUT2D eigenvalue weighted by Gasteiger charge is 2.26. The number of amides is 1. The number of pyridine rings is 1. The van der Waals surface area contributed by atoms with Crippen molar-refractivity contribution >= 4 is 17.2 Å². The molecule has 0 saturated carbocycles. The first-order valence-electron chi connectivity index (χ1n) is 8.30. The fourth-order valence-corrected chi connectivity index (χ4v) is 3.22. The molecule has 0 aliphatic carbocycles. The van der Waals surface area contributed by atoms with E-state index in [1.165, 1.54) is 17.5 Å². The predicted molar refractivity (Wildman–Crippen MR) is 104 cm³/mol. The fourth-order valence-electron chi connectivity index (χ4n) is 2.41. The Labute approximate surface area is 157 Å². The fraction of sp³-hybridized carbons (Fsp3) is 0.250. The first-order chi connectivity index (χ1) is 12.3. The highest BCUT2D eigenvalue weighted by molar-refractivity contribution is 7.13. The van der Waals surface area contributed by atoms with E-state index in [0.717, 1.165) is 15.9 Å². The maximum absolute atomic E-state index is 12.5. The maximum atomic E-state index is 12.5. The molecule has 5 nitrogen and oxygen atoms in total. The second-order valence-corrected chi connectivity index (χ2v) is 7.93. The van der Waals surface area contributed by atoms with Gasteiger partial charge in [-0.2, -0.15) is 4.73 Å². The van der Waals surface area contributed by atoms with Gasteiger partial charge in [0.05, 0.1) is 0 Å². The molecule has 2 aromatic heterocycles. The van der Waals surface area contributed by atoms with Crippen LogP contribution in [0.2, 0.25) is 0 Å². The van der Waals surface area contributed by atoms with Gasteiger partial charge in [0.15, 0.2) is 11.2 Å². The van der Waals surface area contributed by atoms with Crippen molar-refractivity contribution in [3.8, 4) is 21.8 Å². The third-order valence-electron chi connectivity index (χ3n) is 4.27. The van der Waals surface area contributed by atoms with Gasteiger partial charge in [0.1, 0.15) is 5.69 Å². The summed E-state index contributed by atoms with van der Waals surface area (Å²) in [6.07, 6.45) is 1.54. The quantitative estimate of drug-likeness (QED) is 0.520. The number of thiazole rings is 1. The van der Waals surface area contributed by atoms with Crippen LogP contribution in [0.3, 0.4) is 0 Å². The van der Waals surface area contributed by atoms with Gasteiger partial charge in [-0.25, -0.2) is 4.98 Å².